The van der Waals surface area contributed by atoms with Crippen molar-refractivity contribution in [3.63, 3.8) is 0 Å². The number of hydrogen-bond acceptors (Lipinski definition) is 6. The number of carbonyl (C=O) groups is 1. The molecule has 0 saturated carbocycles. The molecule has 0 aliphatic rings. The van der Waals surface area contributed by atoms with E-state index in [1.807, 2.05) is 12.3 Å². The number of esters is 1. The fraction of sp³-hybridized carbons (Fsp3) is 0.333. The van der Waals surface area contributed by atoms with E-state index in [-0.39, 0.29) is 12.4 Å². The molecule has 0 N–H and O–H groups in total. The Morgan fingerprint density at radius 2 is 2.14 bits per heavy atom. The van der Waals surface area contributed by atoms with E-state index in [0.29, 0.717) is 11.1 Å². The molecule has 7 heteroatoms. The number of aromatic nitrogens is 1. The van der Waals surface area contributed by atoms with Crippen molar-refractivity contribution in [2.45, 2.75) is 25.7 Å². The predicted molar refractivity (Wildman–Crippen MR) is 85.6 cm³/mol. The lowest BCUT2D eigenvalue weighted by Gasteiger charge is -2.05. The number of rotatable bonds is 6. The van der Waals surface area contributed by atoms with Crippen molar-refractivity contribution in [1.82, 2.24) is 4.98 Å². The highest BCUT2D eigenvalue weighted by atomic mass is 32.2. The topological polar surface area (TPSA) is 73.3 Å². The van der Waals surface area contributed by atoms with E-state index in [4.69, 9.17) is 4.74 Å². The maximum atomic E-state index is 12.0. The molecule has 0 radical (unpaired) electrons. The third kappa shape index (κ3) is 4.92. The zero-order valence-electron chi connectivity index (χ0n) is 12.4. The Kier molecular flexibility index (Phi) is 5.31. The number of sulfone groups is 1. The van der Waals surface area contributed by atoms with E-state index < -0.39 is 15.8 Å². The molecule has 1 heterocycles. The average Bonchev–Trinajstić information content (AvgIpc) is 2.91. The van der Waals surface area contributed by atoms with Gasteiger partial charge in [-0.3, -0.25) is 0 Å². The molecule has 0 saturated heterocycles. The zero-order valence-corrected chi connectivity index (χ0v) is 14.0. The fourth-order valence-corrected chi connectivity index (χ4v) is 3.41. The van der Waals surface area contributed by atoms with Crippen molar-refractivity contribution >= 4 is 27.1 Å². The summed E-state index contributed by atoms with van der Waals surface area (Å²) in [5.41, 5.74) is 1.63. The van der Waals surface area contributed by atoms with Crippen LogP contribution in [0.25, 0.3) is 0 Å². The van der Waals surface area contributed by atoms with Crippen LogP contribution in [0.4, 0.5) is 0 Å². The Bertz CT molecular complexity index is 765. The summed E-state index contributed by atoms with van der Waals surface area (Å²) in [5.74, 6) is -0.582. The molecule has 1 aromatic heterocycles. The van der Waals surface area contributed by atoms with Crippen molar-refractivity contribution in [2.24, 2.45) is 0 Å². The van der Waals surface area contributed by atoms with Crippen LogP contribution in [0.1, 0.15) is 33.5 Å². The zero-order chi connectivity index (χ0) is 16.2. The van der Waals surface area contributed by atoms with Crippen LogP contribution in [0.2, 0.25) is 0 Å². The van der Waals surface area contributed by atoms with E-state index in [2.05, 4.69) is 4.98 Å². The van der Waals surface area contributed by atoms with Crippen LogP contribution >= 0.6 is 11.3 Å². The Hall–Kier alpha value is -1.73. The van der Waals surface area contributed by atoms with Gasteiger partial charge in [0.05, 0.1) is 22.0 Å². The van der Waals surface area contributed by atoms with Crippen molar-refractivity contribution in [1.29, 1.82) is 0 Å². The largest absolute Gasteiger partial charge is 0.456 e. The van der Waals surface area contributed by atoms with Gasteiger partial charge in [-0.15, -0.1) is 11.3 Å². The molecule has 0 aliphatic heterocycles. The molecule has 2 rings (SSSR count). The number of ether oxygens (including phenoxy) is 1. The van der Waals surface area contributed by atoms with Crippen LogP contribution in [0.3, 0.4) is 0 Å². The maximum Gasteiger partial charge on any atom is 0.338 e. The molecule has 0 spiro atoms. The lowest BCUT2D eigenvalue weighted by molar-refractivity contribution is 0.0468. The molecule has 118 valence electrons. The van der Waals surface area contributed by atoms with Crippen molar-refractivity contribution in [3.8, 4) is 0 Å². The summed E-state index contributed by atoms with van der Waals surface area (Å²) in [6.07, 6.45) is 2.01. The minimum absolute atomic E-state index is 0.0972. The van der Waals surface area contributed by atoms with Gasteiger partial charge in [0.25, 0.3) is 0 Å². The smallest absolute Gasteiger partial charge is 0.338 e. The van der Waals surface area contributed by atoms with E-state index in [9.17, 15) is 13.2 Å². The molecule has 5 nitrogen and oxygen atoms in total. The normalized spacial score (nSPS) is 11.4. The van der Waals surface area contributed by atoms with Crippen molar-refractivity contribution in [2.75, 3.05) is 6.26 Å². The van der Waals surface area contributed by atoms with Gasteiger partial charge >= 0.3 is 5.97 Å². The maximum absolute atomic E-state index is 12.0. The SMILES string of the molecule is CCc1nc(COC(=O)c2cccc(CS(C)(=O)=O)c2)cs1. The monoisotopic (exact) mass is 339 g/mol. The molecule has 0 bridgehead atoms. The minimum atomic E-state index is -3.14. The second kappa shape index (κ2) is 7.02. The lowest BCUT2D eigenvalue weighted by Crippen LogP contribution is -2.07. The number of aryl methyl sites for hydroxylation is 1. The van der Waals surface area contributed by atoms with Crippen LogP contribution in [-0.4, -0.2) is 25.6 Å². The Labute approximate surface area is 133 Å². The van der Waals surface area contributed by atoms with Crippen LogP contribution in [0.5, 0.6) is 0 Å². The highest BCUT2D eigenvalue weighted by Gasteiger charge is 2.11. The summed E-state index contributed by atoms with van der Waals surface area (Å²) >= 11 is 1.54. The summed E-state index contributed by atoms with van der Waals surface area (Å²) in [4.78, 5) is 16.3. The van der Waals surface area contributed by atoms with Crippen LogP contribution < -0.4 is 0 Å². The van der Waals surface area contributed by atoms with Gasteiger partial charge in [-0.25, -0.2) is 18.2 Å². The van der Waals surface area contributed by atoms with Gasteiger partial charge in [-0.05, 0) is 24.1 Å². The van der Waals surface area contributed by atoms with Crippen LogP contribution in [-0.2, 0) is 33.4 Å². The molecule has 0 amide bonds. The molecular formula is C15H17NO4S2. The quantitative estimate of drug-likeness (QED) is 0.756. The first-order valence-electron chi connectivity index (χ1n) is 6.74. The molecule has 0 atom stereocenters. The average molecular weight is 339 g/mol. The summed E-state index contributed by atoms with van der Waals surface area (Å²) in [6.45, 7) is 2.13. The number of hydrogen-bond donors (Lipinski definition) is 0. The van der Waals surface area contributed by atoms with Crippen LogP contribution in [0.15, 0.2) is 29.6 Å². The number of thiazole rings is 1. The highest BCUT2D eigenvalue weighted by molar-refractivity contribution is 7.89. The highest BCUT2D eigenvalue weighted by Crippen LogP contribution is 2.13. The third-order valence-corrected chi connectivity index (χ3v) is 4.74. The van der Waals surface area contributed by atoms with Crippen LogP contribution in [0, 0.1) is 0 Å². The summed E-state index contributed by atoms with van der Waals surface area (Å²) < 4.78 is 27.8. The number of carbonyl (C=O) groups excluding carboxylic acids is 1. The van der Waals surface area contributed by atoms with Gasteiger partial charge in [-0.2, -0.15) is 0 Å². The molecule has 0 aliphatic carbocycles. The summed E-state index contributed by atoms with van der Waals surface area (Å²) in [7, 11) is -3.14. The van der Waals surface area contributed by atoms with E-state index in [1.54, 1.807) is 24.3 Å². The Balaban J connectivity index is 2.01. The number of nitrogens with zero attached hydrogens (tertiary/aromatic N) is 1. The molecular weight excluding hydrogens is 322 g/mol. The molecule has 1 aromatic carbocycles. The van der Waals surface area contributed by atoms with Gasteiger partial charge in [0.2, 0.25) is 0 Å². The summed E-state index contributed by atoms with van der Waals surface area (Å²) in [5, 5.41) is 2.87. The van der Waals surface area contributed by atoms with E-state index >= 15 is 0 Å². The van der Waals surface area contributed by atoms with E-state index in [1.165, 1.54) is 11.3 Å². The van der Waals surface area contributed by atoms with Gasteiger partial charge in [0, 0.05) is 11.6 Å². The number of benzene rings is 1. The molecule has 22 heavy (non-hydrogen) atoms. The second-order valence-corrected chi connectivity index (χ2v) is 8.02. The first-order valence-corrected chi connectivity index (χ1v) is 9.68. The van der Waals surface area contributed by atoms with Gasteiger partial charge in [0.15, 0.2) is 9.84 Å². The van der Waals surface area contributed by atoms with Crippen molar-refractivity contribution in [3.05, 3.63) is 51.5 Å². The molecule has 0 unspecified atom stereocenters. The van der Waals surface area contributed by atoms with Crippen molar-refractivity contribution < 1.29 is 17.9 Å². The third-order valence-electron chi connectivity index (χ3n) is 2.84. The standard InChI is InChI=1S/C15H17NO4S2/c1-3-14-16-13(9-21-14)8-20-15(17)12-6-4-5-11(7-12)10-22(2,18)19/h4-7,9H,3,8,10H2,1-2H3. The van der Waals surface area contributed by atoms with E-state index in [0.717, 1.165) is 23.4 Å². The predicted octanol–water partition coefficient (Wildman–Crippen LogP) is 2.61. The summed E-state index contributed by atoms with van der Waals surface area (Å²) in [6, 6.07) is 6.47. The lowest BCUT2D eigenvalue weighted by atomic mass is 10.1. The molecule has 0 fully saturated rings. The Morgan fingerprint density at radius 1 is 1.36 bits per heavy atom. The first kappa shape index (κ1) is 16.6. The molecule has 2 aromatic rings. The first-order chi connectivity index (χ1) is 10.4. The fourth-order valence-electron chi connectivity index (χ4n) is 1.89. The van der Waals surface area contributed by atoms with Gasteiger partial charge in [-0.1, -0.05) is 19.1 Å². The minimum Gasteiger partial charge on any atom is -0.456 e. The van der Waals surface area contributed by atoms with Gasteiger partial charge < -0.3 is 4.74 Å². The van der Waals surface area contributed by atoms with Gasteiger partial charge in [0.1, 0.15) is 6.61 Å². The Morgan fingerprint density at radius 3 is 2.77 bits per heavy atom. The second-order valence-electron chi connectivity index (χ2n) is 4.93.